The number of para-hydroxylation sites is 1. The van der Waals surface area contributed by atoms with E-state index >= 15 is 0 Å². The summed E-state index contributed by atoms with van der Waals surface area (Å²) >= 11 is 5.26. The molecule has 0 amide bonds. The fourth-order valence-electron chi connectivity index (χ4n) is 2.00. The van der Waals surface area contributed by atoms with Gasteiger partial charge in [-0.3, -0.25) is 0 Å². The molecule has 0 spiro atoms. The molecule has 0 atom stereocenters. The van der Waals surface area contributed by atoms with Crippen LogP contribution < -0.4 is 10.6 Å². The number of thiocarbonyl (C=S) groups is 1. The minimum atomic E-state index is 0.691. The van der Waals surface area contributed by atoms with Gasteiger partial charge < -0.3 is 10.6 Å². The van der Waals surface area contributed by atoms with E-state index in [9.17, 15) is 0 Å². The Bertz CT molecular complexity index is 511. The van der Waals surface area contributed by atoms with Gasteiger partial charge in [-0.1, -0.05) is 48.5 Å². The van der Waals surface area contributed by atoms with Gasteiger partial charge in [0, 0.05) is 12.2 Å². The number of aryl methyl sites for hydroxylation is 1. The molecule has 0 radical (unpaired) electrons. The molecule has 2 aromatic carbocycles. The van der Waals surface area contributed by atoms with Gasteiger partial charge in [0.1, 0.15) is 0 Å². The van der Waals surface area contributed by atoms with Crippen LogP contribution >= 0.6 is 12.2 Å². The van der Waals surface area contributed by atoms with Crippen LogP contribution in [0.4, 0.5) is 5.69 Å². The summed E-state index contributed by atoms with van der Waals surface area (Å²) in [6.45, 7) is 0.908. The quantitative estimate of drug-likeness (QED) is 0.619. The number of rotatable bonds is 6. The van der Waals surface area contributed by atoms with Gasteiger partial charge in [0.2, 0.25) is 0 Å². The number of anilines is 1. The van der Waals surface area contributed by atoms with Crippen LogP contribution in [-0.2, 0) is 6.42 Å². The van der Waals surface area contributed by atoms with Crippen molar-refractivity contribution in [3.05, 3.63) is 66.2 Å². The van der Waals surface area contributed by atoms with E-state index in [1.807, 2.05) is 30.3 Å². The van der Waals surface area contributed by atoms with Crippen molar-refractivity contribution in [2.45, 2.75) is 19.3 Å². The molecule has 0 aromatic heterocycles. The molecule has 20 heavy (non-hydrogen) atoms. The molecule has 0 aliphatic carbocycles. The largest absolute Gasteiger partial charge is 0.362 e. The first kappa shape index (κ1) is 14.5. The molecule has 2 rings (SSSR count). The molecule has 0 fully saturated rings. The van der Waals surface area contributed by atoms with E-state index in [4.69, 9.17) is 12.2 Å². The van der Waals surface area contributed by atoms with Gasteiger partial charge in [0.15, 0.2) is 5.11 Å². The van der Waals surface area contributed by atoms with Crippen molar-refractivity contribution in [2.75, 3.05) is 11.9 Å². The van der Waals surface area contributed by atoms with E-state index < -0.39 is 0 Å². The minimum absolute atomic E-state index is 0.691. The number of benzene rings is 2. The molecule has 0 saturated heterocycles. The standard InChI is InChI=1S/C17H20N2S/c20-17(19-16-12-5-2-6-13-16)18-14-8-7-11-15-9-3-1-4-10-15/h1-6,9-10,12-13H,7-8,11,14H2,(H2,18,19,20). The highest BCUT2D eigenvalue weighted by Crippen LogP contribution is 2.05. The fraction of sp³-hybridized carbons (Fsp3) is 0.235. The van der Waals surface area contributed by atoms with Gasteiger partial charge in [0.05, 0.1) is 0 Å². The topological polar surface area (TPSA) is 24.1 Å². The highest BCUT2D eigenvalue weighted by atomic mass is 32.1. The maximum atomic E-state index is 5.26. The summed E-state index contributed by atoms with van der Waals surface area (Å²) in [5.41, 5.74) is 2.42. The lowest BCUT2D eigenvalue weighted by Gasteiger charge is -2.10. The molecule has 2 nitrogen and oxygen atoms in total. The zero-order valence-electron chi connectivity index (χ0n) is 11.5. The first-order valence-corrected chi connectivity index (χ1v) is 7.39. The SMILES string of the molecule is S=C(NCCCCc1ccccc1)Nc1ccccc1. The predicted molar refractivity (Wildman–Crippen MR) is 90.0 cm³/mol. The summed E-state index contributed by atoms with van der Waals surface area (Å²) in [6, 6.07) is 20.6. The van der Waals surface area contributed by atoms with Gasteiger partial charge in [-0.05, 0) is 49.2 Å². The lowest BCUT2D eigenvalue weighted by molar-refractivity contribution is 0.711. The number of unbranched alkanes of at least 4 members (excludes halogenated alkanes) is 1. The monoisotopic (exact) mass is 284 g/mol. The number of hydrogen-bond acceptors (Lipinski definition) is 1. The van der Waals surface area contributed by atoms with E-state index in [1.165, 1.54) is 12.0 Å². The molecular weight excluding hydrogens is 264 g/mol. The normalized spacial score (nSPS) is 10.0. The molecule has 0 saturated carbocycles. The van der Waals surface area contributed by atoms with Crippen molar-refractivity contribution in [1.82, 2.24) is 5.32 Å². The predicted octanol–water partition coefficient (Wildman–Crippen LogP) is 4.00. The molecule has 3 heteroatoms. The summed E-state index contributed by atoms with van der Waals surface area (Å²) in [5.74, 6) is 0. The average molecular weight is 284 g/mol. The van der Waals surface area contributed by atoms with Crippen LogP contribution in [0, 0.1) is 0 Å². The van der Waals surface area contributed by atoms with E-state index in [0.717, 1.165) is 25.1 Å². The van der Waals surface area contributed by atoms with Crippen molar-refractivity contribution in [2.24, 2.45) is 0 Å². The zero-order chi connectivity index (χ0) is 14.0. The van der Waals surface area contributed by atoms with Gasteiger partial charge in [-0.15, -0.1) is 0 Å². The third-order valence-corrected chi connectivity index (χ3v) is 3.30. The Kier molecular flexibility index (Phi) is 6.06. The first-order valence-electron chi connectivity index (χ1n) is 6.98. The van der Waals surface area contributed by atoms with Crippen LogP contribution in [-0.4, -0.2) is 11.7 Å². The molecular formula is C17H20N2S. The van der Waals surface area contributed by atoms with E-state index in [-0.39, 0.29) is 0 Å². The summed E-state index contributed by atoms with van der Waals surface area (Å²) in [6.07, 6.45) is 3.41. The lowest BCUT2D eigenvalue weighted by Crippen LogP contribution is -2.29. The fourth-order valence-corrected chi connectivity index (χ4v) is 2.22. The Morgan fingerprint density at radius 1 is 0.850 bits per heavy atom. The maximum Gasteiger partial charge on any atom is 0.170 e. The summed E-state index contributed by atoms with van der Waals surface area (Å²) in [7, 11) is 0. The van der Waals surface area contributed by atoms with E-state index in [1.54, 1.807) is 0 Å². The van der Waals surface area contributed by atoms with Crippen LogP contribution in [0.5, 0.6) is 0 Å². The highest BCUT2D eigenvalue weighted by molar-refractivity contribution is 7.80. The van der Waals surface area contributed by atoms with Crippen LogP contribution in [0.3, 0.4) is 0 Å². The van der Waals surface area contributed by atoms with Crippen molar-refractivity contribution in [1.29, 1.82) is 0 Å². The number of hydrogen-bond donors (Lipinski definition) is 2. The third kappa shape index (κ3) is 5.41. The smallest absolute Gasteiger partial charge is 0.170 e. The molecule has 0 unspecified atom stereocenters. The van der Waals surface area contributed by atoms with Gasteiger partial charge in [-0.25, -0.2) is 0 Å². The van der Waals surface area contributed by atoms with Crippen LogP contribution in [0.2, 0.25) is 0 Å². The Morgan fingerprint density at radius 2 is 1.50 bits per heavy atom. The Hall–Kier alpha value is -1.87. The maximum absolute atomic E-state index is 5.26. The molecule has 0 aliphatic heterocycles. The van der Waals surface area contributed by atoms with Crippen molar-refractivity contribution >= 4 is 23.0 Å². The van der Waals surface area contributed by atoms with Crippen molar-refractivity contribution in [3.63, 3.8) is 0 Å². The molecule has 0 heterocycles. The lowest BCUT2D eigenvalue weighted by atomic mass is 10.1. The summed E-state index contributed by atoms with van der Waals surface area (Å²) < 4.78 is 0. The van der Waals surface area contributed by atoms with E-state index in [0.29, 0.717) is 5.11 Å². The molecule has 2 aromatic rings. The van der Waals surface area contributed by atoms with E-state index in [2.05, 4.69) is 41.0 Å². The minimum Gasteiger partial charge on any atom is -0.362 e. The van der Waals surface area contributed by atoms with Crippen LogP contribution in [0.1, 0.15) is 18.4 Å². The average Bonchev–Trinajstić information content (AvgIpc) is 2.49. The van der Waals surface area contributed by atoms with Crippen LogP contribution in [0.15, 0.2) is 60.7 Å². The second-order valence-corrected chi connectivity index (χ2v) is 5.10. The zero-order valence-corrected chi connectivity index (χ0v) is 12.3. The molecule has 2 N–H and O–H groups in total. The highest BCUT2D eigenvalue weighted by Gasteiger charge is 1.96. The van der Waals surface area contributed by atoms with Gasteiger partial charge >= 0.3 is 0 Å². The molecule has 104 valence electrons. The van der Waals surface area contributed by atoms with Crippen molar-refractivity contribution < 1.29 is 0 Å². The molecule has 0 bridgehead atoms. The Labute approximate surface area is 126 Å². The first-order chi connectivity index (χ1) is 9.84. The Balaban J connectivity index is 1.58. The molecule has 0 aliphatic rings. The van der Waals surface area contributed by atoms with Gasteiger partial charge in [0.25, 0.3) is 0 Å². The number of nitrogens with one attached hydrogen (secondary N) is 2. The van der Waals surface area contributed by atoms with Gasteiger partial charge in [-0.2, -0.15) is 0 Å². The second kappa shape index (κ2) is 8.33. The third-order valence-electron chi connectivity index (χ3n) is 3.05. The van der Waals surface area contributed by atoms with Crippen molar-refractivity contribution in [3.8, 4) is 0 Å². The summed E-state index contributed by atoms with van der Waals surface area (Å²) in [5, 5.41) is 7.10. The summed E-state index contributed by atoms with van der Waals surface area (Å²) in [4.78, 5) is 0. The Morgan fingerprint density at radius 3 is 2.20 bits per heavy atom. The van der Waals surface area contributed by atoms with Crippen LogP contribution in [0.25, 0.3) is 0 Å². The second-order valence-electron chi connectivity index (χ2n) is 4.69.